The van der Waals surface area contributed by atoms with Crippen LogP contribution < -0.4 is 10.4 Å². The standard InChI is InChI=1S/C28H35NO2/c1-17-18-6-7-23-27(4,20(18)14-22(30)24(17)31)9-8-19-21-15-25(2,16-29)10-11-26(21,3)12-13-28(19,23)5/h6-7,14,19,21,30-31H,1,8-13,15H2,2-5H3/t19?,21-,25+,26+,27-,28-/m0/s1. The molecular weight excluding hydrogens is 382 g/mol. The zero-order valence-electron chi connectivity index (χ0n) is 19.4. The second kappa shape index (κ2) is 6.18. The molecule has 0 bridgehead atoms. The number of nitriles is 1. The van der Waals surface area contributed by atoms with Gasteiger partial charge < -0.3 is 10.2 Å². The second-order valence-electron chi connectivity index (χ2n) is 12.0. The van der Waals surface area contributed by atoms with E-state index in [9.17, 15) is 15.5 Å². The maximum absolute atomic E-state index is 10.4. The van der Waals surface area contributed by atoms with E-state index in [-0.39, 0.29) is 27.7 Å². The summed E-state index contributed by atoms with van der Waals surface area (Å²) >= 11 is 0. The lowest BCUT2D eigenvalue weighted by atomic mass is 9.40. The van der Waals surface area contributed by atoms with E-state index >= 15 is 0 Å². The molecule has 0 radical (unpaired) electrons. The first-order valence-electron chi connectivity index (χ1n) is 11.9. The minimum absolute atomic E-state index is 0.0693. The molecule has 3 fully saturated rings. The Morgan fingerprint density at radius 3 is 2.42 bits per heavy atom. The van der Waals surface area contributed by atoms with Gasteiger partial charge in [0.2, 0.25) is 0 Å². The molecule has 6 atom stereocenters. The molecule has 3 nitrogen and oxygen atoms in total. The van der Waals surface area contributed by atoms with Crippen molar-refractivity contribution in [3.8, 4) is 17.6 Å². The lowest BCUT2D eigenvalue weighted by molar-refractivity contribution is -0.0904. The number of phenolic OH excluding ortho intramolecular Hbond substituents is 2. The van der Waals surface area contributed by atoms with E-state index in [1.165, 1.54) is 18.4 Å². The maximum Gasteiger partial charge on any atom is 0.164 e. The molecule has 3 heteroatoms. The van der Waals surface area contributed by atoms with Crippen LogP contribution in [0, 0.1) is 39.4 Å². The average molecular weight is 418 g/mol. The largest absolute Gasteiger partial charge is 0.504 e. The SMILES string of the molecule is C=c1c(O)c(O)cc2c1=CC=C1[C@@]2(C)CCC2[C@@H]3C[C@](C)(C#N)CC[C@]3(C)CC[C@]12C. The van der Waals surface area contributed by atoms with Crippen LogP contribution in [0.5, 0.6) is 11.5 Å². The van der Waals surface area contributed by atoms with Crippen LogP contribution in [0.1, 0.15) is 78.2 Å². The summed E-state index contributed by atoms with van der Waals surface area (Å²) in [6, 6.07) is 4.42. The fraction of sp³-hybridized carbons (Fsp3) is 0.607. The van der Waals surface area contributed by atoms with Crippen molar-refractivity contribution in [3.05, 3.63) is 33.7 Å². The van der Waals surface area contributed by atoms with Crippen molar-refractivity contribution >= 4 is 12.7 Å². The molecule has 164 valence electrons. The van der Waals surface area contributed by atoms with Crippen LogP contribution in [0.3, 0.4) is 0 Å². The van der Waals surface area contributed by atoms with Gasteiger partial charge in [0.05, 0.1) is 11.5 Å². The van der Waals surface area contributed by atoms with Crippen LogP contribution in [-0.4, -0.2) is 10.2 Å². The van der Waals surface area contributed by atoms with Crippen LogP contribution in [-0.2, 0) is 5.41 Å². The Morgan fingerprint density at radius 2 is 1.71 bits per heavy atom. The van der Waals surface area contributed by atoms with E-state index in [1.54, 1.807) is 6.07 Å². The van der Waals surface area contributed by atoms with Gasteiger partial charge in [-0.2, -0.15) is 5.26 Å². The molecule has 4 aliphatic carbocycles. The van der Waals surface area contributed by atoms with Gasteiger partial charge in [0.1, 0.15) is 0 Å². The molecule has 0 saturated heterocycles. The Balaban J connectivity index is 1.64. The van der Waals surface area contributed by atoms with Crippen molar-refractivity contribution in [1.29, 1.82) is 5.26 Å². The predicted molar refractivity (Wildman–Crippen MR) is 124 cm³/mol. The zero-order chi connectivity index (χ0) is 22.4. The normalized spacial score (nSPS) is 43.3. The zero-order valence-corrected chi connectivity index (χ0v) is 19.4. The third kappa shape index (κ3) is 2.57. The van der Waals surface area contributed by atoms with Crippen molar-refractivity contribution in [2.75, 3.05) is 0 Å². The number of hydrogen-bond acceptors (Lipinski definition) is 3. The molecule has 0 aliphatic heterocycles. The van der Waals surface area contributed by atoms with Gasteiger partial charge in [0.15, 0.2) is 11.5 Å². The molecule has 0 amide bonds. The first-order chi connectivity index (χ1) is 14.5. The lowest BCUT2D eigenvalue weighted by Gasteiger charge is -2.64. The Labute approximate surface area is 185 Å². The first-order valence-corrected chi connectivity index (χ1v) is 11.9. The highest BCUT2D eigenvalue weighted by atomic mass is 16.3. The van der Waals surface area contributed by atoms with E-state index in [1.807, 2.05) is 0 Å². The van der Waals surface area contributed by atoms with Gasteiger partial charge in [-0.15, -0.1) is 0 Å². The number of phenols is 2. The van der Waals surface area contributed by atoms with Crippen molar-refractivity contribution < 1.29 is 10.2 Å². The molecule has 1 unspecified atom stereocenters. The Bertz CT molecular complexity index is 1160. The molecule has 3 saturated carbocycles. The molecule has 1 aromatic carbocycles. The fourth-order valence-electron chi connectivity index (χ4n) is 8.05. The summed E-state index contributed by atoms with van der Waals surface area (Å²) in [5.74, 6) is 0.980. The number of fused-ring (bicyclic) bond motifs is 7. The van der Waals surface area contributed by atoms with Crippen LogP contribution in [0.15, 0.2) is 17.7 Å². The topological polar surface area (TPSA) is 64.2 Å². The molecule has 0 heterocycles. The summed E-state index contributed by atoms with van der Waals surface area (Å²) in [6.07, 6.45) is 12.2. The number of aromatic hydroxyl groups is 2. The van der Waals surface area contributed by atoms with Gasteiger partial charge in [-0.05, 0) is 91.4 Å². The van der Waals surface area contributed by atoms with Gasteiger partial charge in [0.25, 0.3) is 0 Å². The van der Waals surface area contributed by atoms with Crippen molar-refractivity contribution in [3.63, 3.8) is 0 Å². The lowest BCUT2D eigenvalue weighted by Crippen LogP contribution is -2.57. The second-order valence-corrected chi connectivity index (χ2v) is 12.0. The highest BCUT2D eigenvalue weighted by molar-refractivity contribution is 5.60. The van der Waals surface area contributed by atoms with Crippen LogP contribution in [0.4, 0.5) is 0 Å². The molecule has 1 aromatic rings. The molecule has 31 heavy (non-hydrogen) atoms. The molecule has 0 spiro atoms. The third-order valence-electron chi connectivity index (χ3n) is 10.2. The van der Waals surface area contributed by atoms with Crippen LogP contribution in [0.25, 0.3) is 12.7 Å². The number of nitrogens with zero attached hydrogens (tertiary/aromatic N) is 1. The summed E-state index contributed by atoms with van der Waals surface area (Å²) < 4.78 is 0. The number of benzene rings is 1. The Kier molecular flexibility index (Phi) is 4.13. The predicted octanol–water partition coefficient (Wildman–Crippen LogP) is 5.03. The van der Waals surface area contributed by atoms with E-state index in [0.29, 0.717) is 22.5 Å². The van der Waals surface area contributed by atoms with E-state index in [2.05, 4.69) is 52.5 Å². The summed E-state index contributed by atoms with van der Waals surface area (Å²) in [7, 11) is 0. The Hall–Kier alpha value is -2.21. The molecule has 0 aromatic heterocycles. The maximum atomic E-state index is 10.4. The van der Waals surface area contributed by atoms with Crippen molar-refractivity contribution in [1.82, 2.24) is 0 Å². The van der Waals surface area contributed by atoms with Gasteiger partial charge >= 0.3 is 0 Å². The molecule has 5 rings (SSSR count). The third-order valence-corrected chi connectivity index (χ3v) is 10.2. The number of allylic oxidation sites excluding steroid dienone is 2. The monoisotopic (exact) mass is 417 g/mol. The van der Waals surface area contributed by atoms with Crippen molar-refractivity contribution in [2.24, 2.45) is 28.1 Å². The first kappa shape index (κ1) is 20.7. The molecular formula is C28H35NO2. The summed E-state index contributed by atoms with van der Waals surface area (Å²) in [6.45, 7) is 13.5. The van der Waals surface area contributed by atoms with E-state index in [0.717, 1.165) is 42.9 Å². The van der Waals surface area contributed by atoms with Gasteiger partial charge in [-0.3, -0.25) is 0 Å². The highest BCUT2D eigenvalue weighted by Crippen LogP contribution is 2.68. The molecule has 4 aliphatic rings. The Morgan fingerprint density at radius 1 is 1.00 bits per heavy atom. The van der Waals surface area contributed by atoms with Crippen molar-refractivity contribution in [2.45, 2.75) is 78.1 Å². The number of hydrogen-bond donors (Lipinski definition) is 2. The summed E-state index contributed by atoms with van der Waals surface area (Å²) in [5.41, 5.74) is 2.65. The average Bonchev–Trinajstić information content (AvgIpc) is 2.73. The summed E-state index contributed by atoms with van der Waals surface area (Å²) in [4.78, 5) is 0. The highest BCUT2D eigenvalue weighted by Gasteiger charge is 2.60. The van der Waals surface area contributed by atoms with Gasteiger partial charge in [0, 0.05) is 10.6 Å². The summed E-state index contributed by atoms with van der Waals surface area (Å²) in [5, 5.41) is 32.0. The van der Waals surface area contributed by atoms with Crippen LogP contribution in [0.2, 0.25) is 0 Å². The number of rotatable bonds is 0. The smallest absolute Gasteiger partial charge is 0.164 e. The van der Waals surface area contributed by atoms with Crippen LogP contribution >= 0.6 is 0 Å². The van der Waals surface area contributed by atoms with Gasteiger partial charge in [-0.1, -0.05) is 45.1 Å². The fourth-order valence-corrected chi connectivity index (χ4v) is 8.05. The molecule has 2 N–H and O–H groups in total. The van der Waals surface area contributed by atoms with E-state index < -0.39 is 0 Å². The minimum atomic E-state index is -0.199. The van der Waals surface area contributed by atoms with Gasteiger partial charge in [-0.25, -0.2) is 0 Å². The van der Waals surface area contributed by atoms with E-state index in [4.69, 9.17) is 0 Å². The quantitative estimate of drug-likeness (QED) is 0.582. The minimum Gasteiger partial charge on any atom is -0.504 e.